The van der Waals surface area contributed by atoms with Gasteiger partial charge in [-0.25, -0.2) is 0 Å². The van der Waals surface area contributed by atoms with E-state index in [-0.39, 0.29) is 5.84 Å². The van der Waals surface area contributed by atoms with Crippen LogP contribution in [0, 0.1) is 19.8 Å². The topological polar surface area (TPSA) is 96.9 Å². The summed E-state index contributed by atoms with van der Waals surface area (Å²) in [5.74, 6) is 1.11. The molecule has 0 aromatic carbocycles. The highest BCUT2D eigenvalue weighted by Crippen LogP contribution is 2.22. The molecule has 0 spiro atoms. The Morgan fingerprint density at radius 2 is 2.05 bits per heavy atom. The van der Waals surface area contributed by atoms with Crippen molar-refractivity contribution in [3.05, 3.63) is 16.8 Å². The predicted octanol–water partition coefficient (Wildman–Crippen LogP) is 1.30. The maximum Gasteiger partial charge on any atom is 0.174 e. The molecule has 1 aromatic rings. The van der Waals surface area contributed by atoms with E-state index in [0.29, 0.717) is 30.5 Å². The molecule has 0 amide bonds. The van der Waals surface area contributed by atoms with Crippen molar-refractivity contribution in [2.45, 2.75) is 27.7 Å². The van der Waals surface area contributed by atoms with Gasteiger partial charge in [-0.2, -0.15) is 5.10 Å². The second-order valence-corrected chi connectivity index (χ2v) is 5.43. The number of hydrogen-bond donors (Lipinski definition) is 2. The molecule has 0 aliphatic heterocycles. The minimum Gasteiger partial charge on any atom is -0.409 e. The molecule has 0 saturated carbocycles. The smallest absolute Gasteiger partial charge is 0.174 e. The van der Waals surface area contributed by atoms with Crippen molar-refractivity contribution >= 4 is 11.7 Å². The van der Waals surface area contributed by atoms with Gasteiger partial charge in [0.15, 0.2) is 11.7 Å². The summed E-state index contributed by atoms with van der Waals surface area (Å²) in [4.78, 5) is 2.06. The molecule has 7 heteroatoms. The normalized spacial score (nSPS) is 12.0. The van der Waals surface area contributed by atoms with Crippen molar-refractivity contribution in [3.63, 3.8) is 0 Å². The molecular weight excluding hydrogens is 270 g/mol. The number of nitrogens with two attached hydrogens (primary N) is 1. The minimum absolute atomic E-state index is 0.0478. The van der Waals surface area contributed by atoms with Crippen LogP contribution < -0.4 is 10.6 Å². The fourth-order valence-electron chi connectivity index (χ4n) is 2.10. The molecule has 0 aliphatic rings. The lowest BCUT2D eigenvalue weighted by Crippen LogP contribution is -2.34. The molecule has 21 heavy (non-hydrogen) atoms. The van der Waals surface area contributed by atoms with Crippen LogP contribution in [-0.4, -0.2) is 48.0 Å². The summed E-state index contributed by atoms with van der Waals surface area (Å²) in [5.41, 5.74) is 8.09. The maximum atomic E-state index is 9.04. The number of oxime groups is 1. The Morgan fingerprint density at radius 1 is 1.38 bits per heavy atom. The lowest BCUT2D eigenvalue weighted by atomic mass is 10.1. The van der Waals surface area contributed by atoms with Gasteiger partial charge in [0, 0.05) is 20.2 Å². The summed E-state index contributed by atoms with van der Waals surface area (Å²) in [7, 11) is 1.66. The number of rotatable bonds is 7. The highest BCUT2D eigenvalue weighted by atomic mass is 16.5. The van der Waals surface area contributed by atoms with E-state index in [0.717, 1.165) is 17.8 Å². The van der Waals surface area contributed by atoms with Gasteiger partial charge in [-0.1, -0.05) is 19.0 Å². The number of ether oxygens (including phenoxy) is 1. The van der Waals surface area contributed by atoms with E-state index < -0.39 is 0 Å². The molecule has 0 bridgehead atoms. The predicted molar refractivity (Wildman–Crippen MR) is 82.9 cm³/mol. The number of hydrogen-bond acceptors (Lipinski definition) is 6. The number of anilines is 1. The first-order chi connectivity index (χ1) is 9.92. The minimum atomic E-state index is 0.0478. The lowest BCUT2D eigenvalue weighted by molar-refractivity contribution is 0.204. The fourth-order valence-corrected chi connectivity index (χ4v) is 2.10. The van der Waals surface area contributed by atoms with Crippen LogP contribution in [0.4, 0.5) is 5.82 Å². The number of amidine groups is 1. The summed E-state index contributed by atoms with van der Waals surface area (Å²) in [6, 6.07) is 0. The number of nitrogens with zero attached hydrogens (tertiary/aromatic N) is 4. The third-order valence-electron chi connectivity index (χ3n) is 3.25. The molecular formula is C14H25N5O2. The van der Waals surface area contributed by atoms with Gasteiger partial charge >= 0.3 is 0 Å². The van der Waals surface area contributed by atoms with Gasteiger partial charge < -0.3 is 20.6 Å². The van der Waals surface area contributed by atoms with E-state index in [2.05, 4.69) is 34.1 Å². The molecule has 1 heterocycles. The Morgan fingerprint density at radius 3 is 2.57 bits per heavy atom. The van der Waals surface area contributed by atoms with Gasteiger partial charge in [0.1, 0.15) is 0 Å². The van der Waals surface area contributed by atoms with E-state index in [9.17, 15) is 0 Å². The summed E-state index contributed by atoms with van der Waals surface area (Å²) in [6.45, 7) is 10.0. The summed E-state index contributed by atoms with van der Waals surface area (Å²) in [6.07, 6.45) is 0. The Balaban J connectivity index is 3.32. The zero-order valence-electron chi connectivity index (χ0n) is 13.4. The van der Waals surface area contributed by atoms with Crippen LogP contribution in [0.3, 0.4) is 0 Å². The van der Waals surface area contributed by atoms with Crippen LogP contribution in [0.15, 0.2) is 5.16 Å². The van der Waals surface area contributed by atoms with Gasteiger partial charge in [0.25, 0.3) is 0 Å². The van der Waals surface area contributed by atoms with Crippen LogP contribution in [0.25, 0.3) is 0 Å². The number of aromatic nitrogens is 2. The highest BCUT2D eigenvalue weighted by molar-refractivity contribution is 6.02. The van der Waals surface area contributed by atoms with Crippen LogP contribution >= 0.6 is 0 Å². The fraction of sp³-hybridized carbons (Fsp3) is 0.643. The molecule has 0 radical (unpaired) electrons. The van der Waals surface area contributed by atoms with E-state index in [1.165, 1.54) is 0 Å². The SMILES string of the molecule is COCCN(CC(C)C)c1nnc(C)c(C)c1C(N)=NO. The van der Waals surface area contributed by atoms with Crippen LogP contribution in [0.2, 0.25) is 0 Å². The van der Waals surface area contributed by atoms with Crippen molar-refractivity contribution in [2.75, 3.05) is 31.7 Å². The molecule has 1 rings (SSSR count). The largest absolute Gasteiger partial charge is 0.409 e. The average molecular weight is 295 g/mol. The van der Waals surface area contributed by atoms with E-state index in [1.807, 2.05) is 13.8 Å². The summed E-state index contributed by atoms with van der Waals surface area (Å²) < 4.78 is 5.16. The molecule has 118 valence electrons. The molecule has 0 fully saturated rings. The zero-order chi connectivity index (χ0) is 16.0. The quantitative estimate of drug-likeness (QED) is 0.340. The van der Waals surface area contributed by atoms with E-state index >= 15 is 0 Å². The van der Waals surface area contributed by atoms with Gasteiger partial charge in [-0.05, 0) is 25.3 Å². The first kappa shape index (κ1) is 17.2. The van der Waals surface area contributed by atoms with Gasteiger partial charge in [0.05, 0.1) is 17.9 Å². The monoisotopic (exact) mass is 295 g/mol. The Labute approximate surface area is 125 Å². The third kappa shape index (κ3) is 4.29. The summed E-state index contributed by atoms with van der Waals surface area (Å²) in [5, 5.41) is 20.6. The third-order valence-corrected chi connectivity index (χ3v) is 3.25. The van der Waals surface area contributed by atoms with Gasteiger partial charge in [-0.15, -0.1) is 5.10 Å². The van der Waals surface area contributed by atoms with Crippen LogP contribution in [0.1, 0.15) is 30.7 Å². The second kappa shape index (κ2) is 7.78. The first-order valence-electron chi connectivity index (χ1n) is 6.98. The highest BCUT2D eigenvalue weighted by Gasteiger charge is 2.21. The molecule has 3 N–H and O–H groups in total. The van der Waals surface area contributed by atoms with Crippen LogP contribution in [-0.2, 0) is 4.74 Å². The Bertz CT molecular complexity index is 502. The van der Waals surface area contributed by atoms with Gasteiger partial charge in [0.2, 0.25) is 0 Å². The molecule has 1 aromatic heterocycles. The van der Waals surface area contributed by atoms with Crippen molar-refractivity contribution in [3.8, 4) is 0 Å². The maximum absolute atomic E-state index is 9.04. The first-order valence-corrected chi connectivity index (χ1v) is 6.98. The zero-order valence-corrected chi connectivity index (χ0v) is 13.4. The van der Waals surface area contributed by atoms with Gasteiger partial charge in [-0.3, -0.25) is 0 Å². The van der Waals surface area contributed by atoms with Crippen molar-refractivity contribution in [1.82, 2.24) is 10.2 Å². The standard InChI is InChI=1S/C14H25N5O2/c1-9(2)8-19(6-7-21-5)14-12(13(15)18-20)10(3)11(4)16-17-14/h9,20H,6-8H2,1-5H3,(H2,15,18). The number of aryl methyl sites for hydroxylation is 1. The van der Waals surface area contributed by atoms with Crippen molar-refractivity contribution in [2.24, 2.45) is 16.8 Å². The second-order valence-electron chi connectivity index (χ2n) is 5.43. The molecule has 7 nitrogen and oxygen atoms in total. The summed E-state index contributed by atoms with van der Waals surface area (Å²) >= 11 is 0. The lowest BCUT2D eigenvalue weighted by Gasteiger charge is -2.27. The van der Waals surface area contributed by atoms with E-state index in [4.69, 9.17) is 15.7 Å². The number of methoxy groups -OCH3 is 1. The molecule has 0 atom stereocenters. The van der Waals surface area contributed by atoms with Crippen LogP contribution in [0.5, 0.6) is 0 Å². The van der Waals surface area contributed by atoms with Crippen molar-refractivity contribution in [1.29, 1.82) is 0 Å². The molecule has 0 saturated heterocycles. The Hall–Kier alpha value is -1.89. The Kier molecular flexibility index (Phi) is 6.36. The molecule has 0 unspecified atom stereocenters. The van der Waals surface area contributed by atoms with E-state index in [1.54, 1.807) is 7.11 Å². The molecule has 0 aliphatic carbocycles. The average Bonchev–Trinajstić information content (AvgIpc) is 2.45. The van der Waals surface area contributed by atoms with Crippen molar-refractivity contribution < 1.29 is 9.94 Å².